The summed E-state index contributed by atoms with van der Waals surface area (Å²) in [4.78, 5) is 12.3. The van der Waals surface area contributed by atoms with Crippen LogP contribution in [0, 0.1) is 11.3 Å². The van der Waals surface area contributed by atoms with E-state index < -0.39 is 5.97 Å². The molecule has 0 spiro atoms. The van der Waals surface area contributed by atoms with Gasteiger partial charge in [0.15, 0.2) is 0 Å². The molecule has 1 aromatic rings. The van der Waals surface area contributed by atoms with Gasteiger partial charge in [0.05, 0.1) is 6.61 Å². The van der Waals surface area contributed by atoms with Gasteiger partial charge in [0.1, 0.15) is 11.6 Å². The van der Waals surface area contributed by atoms with Crippen LogP contribution < -0.4 is 0 Å². The minimum absolute atomic E-state index is 0.0827. The van der Waals surface area contributed by atoms with Gasteiger partial charge in [-0.25, -0.2) is 4.79 Å². The van der Waals surface area contributed by atoms with E-state index in [0.29, 0.717) is 5.57 Å². The number of hydrogen-bond donors (Lipinski definition) is 0. The van der Waals surface area contributed by atoms with Gasteiger partial charge in [-0.15, -0.1) is 11.3 Å². The van der Waals surface area contributed by atoms with Crippen LogP contribution in [0.4, 0.5) is 0 Å². The zero-order valence-corrected chi connectivity index (χ0v) is 9.43. The Kier molecular flexibility index (Phi) is 4.07. The molecule has 0 aliphatic carbocycles. The molecule has 4 heteroatoms. The first-order valence-corrected chi connectivity index (χ1v) is 5.40. The maximum absolute atomic E-state index is 11.4. The molecule has 0 aliphatic rings. The maximum atomic E-state index is 11.4. The van der Waals surface area contributed by atoms with Crippen molar-refractivity contribution in [3.8, 4) is 6.07 Å². The Morgan fingerprint density at radius 2 is 2.40 bits per heavy atom. The van der Waals surface area contributed by atoms with E-state index in [1.54, 1.807) is 13.8 Å². The number of nitrogens with zero attached hydrogens (tertiary/aromatic N) is 1. The van der Waals surface area contributed by atoms with E-state index in [1.807, 2.05) is 23.6 Å². The summed E-state index contributed by atoms with van der Waals surface area (Å²) in [6, 6.07) is 5.64. The quantitative estimate of drug-likeness (QED) is 0.448. The fourth-order valence-corrected chi connectivity index (χ4v) is 1.84. The van der Waals surface area contributed by atoms with Crippen LogP contribution in [0.15, 0.2) is 23.1 Å². The number of hydrogen-bond acceptors (Lipinski definition) is 4. The van der Waals surface area contributed by atoms with Crippen LogP contribution >= 0.6 is 11.3 Å². The van der Waals surface area contributed by atoms with Crippen molar-refractivity contribution >= 4 is 22.9 Å². The molecule has 15 heavy (non-hydrogen) atoms. The molecule has 3 nitrogen and oxygen atoms in total. The van der Waals surface area contributed by atoms with E-state index >= 15 is 0 Å². The molecular formula is C11H11NO2S. The van der Waals surface area contributed by atoms with Crippen LogP contribution in [0.1, 0.15) is 18.7 Å². The maximum Gasteiger partial charge on any atom is 0.349 e. The summed E-state index contributed by atoms with van der Waals surface area (Å²) >= 11 is 1.49. The average molecular weight is 221 g/mol. The molecule has 0 amide bonds. The van der Waals surface area contributed by atoms with Crippen molar-refractivity contribution in [1.82, 2.24) is 0 Å². The monoisotopic (exact) mass is 221 g/mol. The first-order valence-electron chi connectivity index (χ1n) is 4.52. The first kappa shape index (κ1) is 11.5. The van der Waals surface area contributed by atoms with Gasteiger partial charge in [0.2, 0.25) is 0 Å². The lowest BCUT2D eigenvalue weighted by molar-refractivity contribution is -0.137. The summed E-state index contributed by atoms with van der Waals surface area (Å²) < 4.78 is 4.80. The highest BCUT2D eigenvalue weighted by atomic mass is 32.1. The van der Waals surface area contributed by atoms with Crippen LogP contribution in [0.5, 0.6) is 0 Å². The second-order valence-electron chi connectivity index (χ2n) is 2.81. The van der Waals surface area contributed by atoms with Crippen molar-refractivity contribution in [2.75, 3.05) is 6.61 Å². The molecule has 1 aromatic heterocycles. The number of carbonyl (C=O) groups excluding carboxylic acids is 1. The lowest BCUT2D eigenvalue weighted by Crippen LogP contribution is -2.07. The van der Waals surface area contributed by atoms with Gasteiger partial charge in [-0.05, 0) is 30.9 Å². The van der Waals surface area contributed by atoms with Crippen molar-refractivity contribution in [2.45, 2.75) is 13.8 Å². The summed E-state index contributed by atoms with van der Waals surface area (Å²) in [5.74, 6) is -0.550. The van der Waals surface area contributed by atoms with Gasteiger partial charge in [-0.1, -0.05) is 6.07 Å². The molecule has 0 saturated carbocycles. The Morgan fingerprint density at radius 3 is 2.87 bits per heavy atom. The molecular weight excluding hydrogens is 210 g/mol. The zero-order valence-electron chi connectivity index (χ0n) is 8.61. The van der Waals surface area contributed by atoms with Crippen LogP contribution in [0.3, 0.4) is 0 Å². The van der Waals surface area contributed by atoms with Crippen molar-refractivity contribution in [1.29, 1.82) is 5.26 Å². The molecule has 1 rings (SSSR count). The fraction of sp³-hybridized carbons (Fsp3) is 0.273. The molecule has 1 heterocycles. The van der Waals surface area contributed by atoms with Crippen LogP contribution in [0.2, 0.25) is 0 Å². The molecule has 0 bridgehead atoms. The number of esters is 1. The van der Waals surface area contributed by atoms with E-state index in [2.05, 4.69) is 0 Å². The largest absolute Gasteiger partial charge is 0.462 e. The van der Waals surface area contributed by atoms with Gasteiger partial charge in [-0.3, -0.25) is 0 Å². The van der Waals surface area contributed by atoms with E-state index in [4.69, 9.17) is 10.00 Å². The number of allylic oxidation sites excluding steroid dienone is 1. The smallest absolute Gasteiger partial charge is 0.349 e. The lowest BCUT2D eigenvalue weighted by atomic mass is 10.1. The van der Waals surface area contributed by atoms with E-state index in [9.17, 15) is 4.79 Å². The summed E-state index contributed by atoms with van der Waals surface area (Å²) in [6.45, 7) is 3.75. The summed E-state index contributed by atoms with van der Waals surface area (Å²) in [6.07, 6.45) is 0. The third-order valence-corrected chi connectivity index (χ3v) is 2.85. The normalized spacial score (nSPS) is 11.5. The Bertz CT molecular complexity index is 412. The standard InChI is InChI=1S/C11H11NO2S/c1-3-14-11(13)9(7-12)8(2)10-5-4-6-15-10/h4-6H,3H2,1-2H3/b9-8-. The molecule has 0 saturated heterocycles. The number of rotatable bonds is 3. The lowest BCUT2D eigenvalue weighted by Gasteiger charge is -2.02. The molecule has 0 unspecified atom stereocenters. The number of thiophene rings is 1. The molecule has 0 aromatic carbocycles. The fourth-order valence-electron chi connectivity index (χ4n) is 1.10. The summed E-state index contributed by atoms with van der Waals surface area (Å²) in [5, 5.41) is 10.8. The SMILES string of the molecule is CCOC(=O)/C(C#N)=C(/C)c1cccs1. The van der Waals surface area contributed by atoms with Crippen molar-refractivity contribution < 1.29 is 9.53 Å². The molecule has 0 fully saturated rings. The van der Waals surface area contributed by atoms with E-state index in [1.165, 1.54) is 11.3 Å². The zero-order chi connectivity index (χ0) is 11.3. The van der Waals surface area contributed by atoms with Gasteiger partial charge in [0, 0.05) is 4.88 Å². The predicted molar refractivity (Wildman–Crippen MR) is 59.2 cm³/mol. The van der Waals surface area contributed by atoms with E-state index in [-0.39, 0.29) is 12.2 Å². The Labute approximate surface area is 92.6 Å². The van der Waals surface area contributed by atoms with Crippen LogP contribution in [0.25, 0.3) is 5.57 Å². The van der Waals surface area contributed by atoms with Crippen molar-refractivity contribution in [3.63, 3.8) is 0 Å². The number of ether oxygens (including phenoxy) is 1. The van der Waals surface area contributed by atoms with E-state index in [0.717, 1.165) is 4.88 Å². The average Bonchev–Trinajstić information content (AvgIpc) is 2.71. The van der Waals surface area contributed by atoms with Crippen molar-refractivity contribution in [3.05, 3.63) is 28.0 Å². The summed E-state index contributed by atoms with van der Waals surface area (Å²) in [7, 11) is 0. The molecule has 0 N–H and O–H groups in total. The minimum Gasteiger partial charge on any atom is -0.462 e. The second kappa shape index (κ2) is 5.32. The topological polar surface area (TPSA) is 50.1 Å². The van der Waals surface area contributed by atoms with Crippen molar-refractivity contribution in [2.24, 2.45) is 0 Å². The summed E-state index contributed by atoms with van der Waals surface area (Å²) in [5.41, 5.74) is 0.755. The third kappa shape index (κ3) is 2.67. The Morgan fingerprint density at radius 1 is 1.67 bits per heavy atom. The first-order chi connectivity index (χ1) is 7.20. The molecule has 78 valence electrons. The highest BCUT2D eigenvalue weighted by Crippen LogP contribution is 2.23. The van der Waals surface area contributed by atoms with Gasteiger partial charge in [-0.2, -0.15) is 5.26 Å². The molecule has 0 radical (unpaired) electrons. The predicted octanol–water partition coefficient (Wildman–Crippen LogP) is 2.61. The van der Waals surface area contributed by atoms with Gasteiger partial charge in [0.25, 0.3) is 0 Å². The Hall–Kier alpha value is -1.60. The molecule has 0 atom stereocenters. The van der Waals surface area contributed by atoms with Gasteiger partial charge < -0.3 is 4.74 Å². The van der Waals surface area contributed by atoms with Crippen LogP contribution in [-0.4, -0.2) is 12.6 Å². The molecule has 0 aliphatic heterocycles. The highest BCUT2D eigenvalue weighted by Gasteiger charge is 2.14. The van der Waals surface area contributed by atoms with Crippen LogP contribution in [-0.2, 0) is 9.53 Å². The number of nitriles is 1. The Balaban J connectivity index is 3.05. The van der Waals surface area contributed by atoms with Gasteiger partial charge >= 0.3 is 5.97 Å². The minimum atomic E-state index is -0.550. The highest BCUT2D eigenvalue weighted by molar-refractivity contribution is 7.11. The third-order valence-electron chi connectivity index (χ3n) is 1.86. The number of carbonyl (C=O) groups is 1. The second-order valence-corrected chi connectivity index (χ2v) is 3.76.